The fraction of sp³-hybridized carbons (Fsp3) is 0.194. The molecular weight excluding hydrogens is 776 g/mol. The Kier molecular flexibility index (Phi) is 11.7. The molecule has 4 rings (SSSR count). The number of amides is 3. The minimum Gasteiger partial charge on any atom is -0.478 e. The van der Waals surface area contributed by atoms with Crippen molar-refractivity contribution in [3.8, 4) is 5.69 Å². The van der Waals surface area contributed by atoms with E-state index in [-0.39, 0.29) is 33.1 Å². The van der Waals surface area contributed by atoms with E-state index >= 15 is 0 Å². The second kappa shape index (κ2) is 15.5. The maximum Gasteiger partial charge on any atom is 0.460 e. The zero-order chi connectivity index (χ0) is 40.2. The van der Waals surface area contributed by atoms with E-state index in [2.05, 4.69) is 26.2 Å². The third-order valence-corrected chi connectivity index (χ3v) is 7.51. The zero-order valence-electron chi connectivity index (χ0n) is 26.3. The first kappa shape index (κ1) is 40.7. The van der Waals surface area contributed by atoms with Gasteiger partial charge in [0.25, 0.3) is 0 Å². The lowest BCUT2D eigenvalue weighted by molar-refractivity contribution is -0.388. The summed E-state index contributed by atoms with van der Waals surface area (Å²) in [6, 6.07) is 9.16. The van der Waals surface area contributed by atoms with E-state index in [0.29, 0.717) is 0 Å². The molecular formula is C31H20ClF10N7O5. The Hall–Kier alpha value is -6.06. The Morgan fingerprint density at radius 2 is 1.43 bits per heavy atom. The van der Waals surface area contributed by atoms with Gasteiger partial charge in [-0.2, -0.15) is 44.2 Å². The molecule has 1 atom stereocenters. The molecule has 54 heavy (non-hydrogen) atoms. The number of benzene rings is 3. The molecule has 4 aromatic rings. The predicted octanol–water partition coefficient (Wildman–Crippen LogP) is 5.94. The molecule has 12 nitrogen and oxygen atoms in total. The van der Waals surface area contributed by atoms with Crippen LogP contribution < -0.4 is 16.0 Å². The van der Waals surface area contributed by atoms with E-state index in [1.54, 1.807) is 0 Å². The van der Waals surface area contributed by atoms with Crippen molar-refractivity contribution in [2.24, 2.45) is 0 Å². The van der Waals surface area contributed by atoms with Crippen molar-refractivity contribution < 1.29 is 68.2 Å². The summed E-state index contributed by atoms with van der Waals surface area (Å²) in [5.74, 6) is -28.5. The van der Waals surface area contributed by atoms with Crippen LogP contribution in [0.2, 0.25) is 5.02 Å². The Morgan fingerprint density at radius 3 is 1.98 bits per heavy atom. The zero-order valence-corrected chi connectivity index (χ0v) is 27.1. The lowest BCUT2D eigenvalue weighted by Crippen LogP contribution is -2.64. The highest BCUT2D eigenvalue weighted by atomic mass is 35.5. The van der Waals surface area contributed by atoms with Gasteiger partial charge in [-0.25, -0.2) is 9.18 Å². The number of tetrazole rings is 1. The molecule has 0 fully saturated rings. The average molecular weight is 796 g/mol. The monoisotopic (exact) mass is 795 g/mol. The number of aromatic nitrogens is 4. The van der Waals surface area contributed by atoms with Crippen LogP contribution in [0.1, 0.15) is 21.5 Å². The summed E-state index contributed by atoms with van der Waals surface area (Å²) in [5.41, 5.74) is -1.01. The summed E-state index contributed by atoms with van der Waals surface area (Å²) in [6.45, 7) is 0. The molecule has 0 saturated carbocycles. The quantitative estimate of drug-likeness (QED) is 0.0953. The van der Waals surface area contributed by atoms with Crippen LogP contribution in [0.5, 0.6) is 0 Å². The molecule has 0 aliphatic heterocycles. The number of carboxylic acids is 1. The van der Waals surface area contributed by atoms with Crippen molar-refractivity contribution in [1.82, 2.24) is 25.5 Å². The molecule has 0 aliphatic rings. The number of carbonyl (C=O) groups excluding carboxylic acids is 3. The van der Waals surface area contributed by atoms with Crippen molar-refractivity contribution in [1.29, 1.82) is 0 Å². The Balaban J connectivity index is 1.56. The number of carbonyl (C=O) groups is 4. The van der Waals surface area contributed by atoms with Crippen LogP contribution in [-0.4, -0.2) is 79.0 Å². The third-order valence-electron chi connectivity index (χ3n) is 7.22. The highest BCUT2D eigenvalue weighted by molar-refractivity contribution is 6.31. The number of nitrogens with one attached hydrogen (secondary N) is 3. The minimum atomic E-state index is -7.29. The predicted molar refractivity (Wildman–Crippen MR) is 167 cm³/mol. The van der Waals surface area contributed by atoms with E-state index in [4.69, 9.17) is 16.7 Å². The highest BCUT2D eigenvalue weighted by Gasteiger charge is 2.83. The Labute approximate surface area is 299 Å². The summed E-state index contributed by atoms with van der Waals surface area (Å²) in [5, 5.41) is 25.2. The SMILES string of the molecule is O=C(C=Cc1c(-n2cnnn2)ccc(Cl)c1F)NC(Cc1ccc(NC(=O)C(F)(F)C(F)(F)C(F)(F)C(F)(F)F)cc1)C(=O)Nc1ccc(C(=O)O)cc1. The van der Waals surface area contributed by atoms with Crippen molar-refractivity contribution >= 4 is 52.7 Å². The van der Waals surface area contributed by atoms with Crippen LogP contribution >= 0.6 is 11.6 Å². The van der Waals surface area contributed by atoms with E-state index in [0.717, 1.165) is 64.9 Å². The standard InChI is InChI=1S/C31H20ClF10N7O5/c32-20-10-11-22(49-14-43-47-48-49)19(24(20)33)9-12-23(50)46-21(25(51)44-17-7-3-16(4-8-17)26(52)53)13-15-1-5-18(6-2-15)45-27(54)28(34,35)29(36,37)30(38,39)31(40,41)42/h1-12,14,21H,13H2,(H,44,51)(H,45,54)(H,46,50)(H,52,53). The second-order valence-corrected chi connectivity index (χ2v) is 11.3. The van der Waals surface area contributed by atoms with Crippen molar-refractivity contribution in [3.63, 3.8) is 0 Å². The molecule has 1 aromatic heterocycles. The maximum absolute atomic E-state index is 15.0. The van der Waals surface area contributed by atoms with E-state index in [1.807, 2.05) is 0 Å². The topological polar surface area (TPSA) is 168 Å². The van der Waals surface area contributed by atoms with Gasteiger partial charge in [0.05, 0.1) is 16.3 Å². The normalized spacial score (nSPS) is 13.0. The summed E-state index contributed by atoms with van der Waals surface area (Å²) >= 11 is 5.88. The molecule has 0 bridgehead atoms. The number of alkyl halides is 9. The first-order valence-electron chi connectivity index (χ1n) is 14.5. The third kappa shape index (κ3) is 8.59. The number of carboxylic acid groups (broad SMARTS) is 1. The molecule has 3 aromatic carbocycles. The van der Waals surface area contributed by atoms with Crippen LogP contribution in [0, 0.1) is 5.82 Å². The smallest absolute Gasteiger partial charge is 0.460 e. The molecule has 0 spiro atoms. The first-order chi connectivity index (χ1) is 25.1. The molecule has 0 saturated heterocycles. The van der Waals surface area contributed by atoms with Crippen molar-refractivity contribution in [3.05, 3.63) is 101 Å². The first-order valence-corrected chi connectivity index (χ1v) is 14.9. The van der Waals surface area contributed by atoms with Crippen LogP contribution in [0.15, 0.2) is 73.1 Å². The lowest BCUT2D eigenvalue weighted by Gasteiger charge is -2.32. The molecule has 1 heterocycles. The number of hydrogen-bond donors (Lipinski definition) is 4. The average Bonchev–Trinajstić information content (AvgIpc) is 3.64. The van der Waals surface area contributed by atoms with Crippen LogP contribution in [0.3, 0.4) is 0 Å². The molecule has 0 radical (unpaired) electrons. The van der Waals surface area contributed by atoms with Gasteiger partial charge in [-0.3, -0.25) is 14.4 Å². The van der Waals surface area contributed by atoms with Gasteiger partial charge in [0.15, 0.2) is 5.82 Å². The van der Waals surface area contributed by atoms with Crippen LogP contribution in [0.4, 0.5) is 55.3 Å². The number of nitrogens with zero attached hydrogens (tertiary/aromatic N) is 4. The number of aromatic carboxylic acids is 1. The van der Waals surface area contributed by atoms with Gasteiger partial charge in [-0.1, -0.05) is 23.7 Å². The number of rotatable bonds is 13. The van der Waals surface area contributed by atoms with Crippen molar-refractivity contribution in [2.75, 3.05) is 10.6 Å². The van der Waals surface area contributed by atoms with Crippen LogP contribution in [0.25, 0.3) is 11.8 Å². The van der Waals surface area contributed by atoms with E-state index in [1.165, 1.54) is 24.3 Å². The van der Waals surface area contributed by atoms with E-state index in [9.17, 15) is 63.1 Å². The fourth-order valence-electron chi connectivity index (χ4n) is 4.39. The van der Waals surface area contributed by atoms with Gasteiger partial charge in [-0.05, 0) is 70.6 Å². The highest BCUT2D eigenvalue weighted by Crippen LogP contribution is 2.53. The molecule has 286 valence electrons. The molecule has 23 heteroatoms. The van der Waals surface area contributed by atoms with Gasteiger partial charge in [0, 0.05) is 29.4 Å². The van der Waals surface area contributed by atoms with Crippen LogP contribution in [-0.2, 0) is 20.8 Å². The minimum absolute atomic E-state index is 0.0489. The largest absolute Gasteiger partial charge is 0.478 e. The number of halogens is 11. The molecule has 0 aliphatic carbocycles. The maximum atomic E-state index is 15.0. The molecule has 3 amide bonds. The summed E-state index contributed by atoms with van der Waals surface area (Å²) in [6.07, 6.45) is -4.69. The summed E-state index contributed by atoms with van der Waals surface area (Å²) in [4.78, 5) is 49.3. The number of hydrogen-bond acceptors (Lipinski definition) is 7. The second-order valence-electron chi connectivity index (χ2n) is 10.9. The fourth-order valence-corrected chi connectivity index (χ4v) is 4.55. The molecule has 1 unspecified atom stereocenters. The Bertz CT molecular complexity index is 2060. The van der Waals surface area contributed by atoms with Gasteiger partial charge in [0.1, 0.15) is 12.4 Å². The number of anilines is 2. The summed E-state index contributed by atoms with van der Waals surface area (Å²) < 4.78 is 135. The lowest BCUT2D eigenvalue weighted by atomic mass is 10.0. The summed E-state index contributed by atoms with van der Waals surface area (Å²) in [7, 11) is 0. The van der Waals surface area contributed by atoms with Gasteiger partial charge < -0.3 is 21.1 Å². The van der Waals surface area contributed by atoms with Crippen molar-refractivity contribution in [2.45, 2.75) is 36.4 Å². The van der Waals surface area contributed by atoms with Gasteiger partial charge in [0.2, 0.25) is 11.8 Å². The molecule has 4 N–H and O–H groups in total. The van der Waals surface area contributed by atoms with E-state index < -0.39 is 71.6 Å². The van der Waals surface area contributed by atoms with Gasteiger partial charge >= 0.3 is 35.8 Å². The van der Waals surface area contributed by atoms with Gasteiger partial charge in [-0.15, -0.1) is 5.10 Å². The Morgan fingerprint density at radius 1 is 0.833 bits per heavy atom.